The number of H-pyrrole nitrogens is 1. The van der Waals surface area contributed by atoms with E-state index in [1.54, 1.807) is 36.4 Å². The van der Waals surface area contributed by atoms with Gasteiger partial charge in [-0.2, -0.15) is 4.98 Å². The monoisotopic (exact) mass is 434 g/mol. The molecular weight excluding hydrogens is 416 g/mol. The van der Waals surface area contributed by atoms with E-state index < -0.39 is 29.9 Å². The molecule has 1 aromatic heterocycles. The molecule has 2 unspecified atom stereocenters. The maximum atomic E-state index is 12.5. The van der Waals surface area contributed by atoms with Crippen LogP contribution < -0.4 is 25.4 Å². The van der Waals surface area contributed by atoms with Crippen molar-refractivity contribution in [3.05, 3.63) is 59.9 Å². The molecular formula is C21H18N6O5. The summed E-state index contributed by atoms with van der Waals surface area (Å²) in [4.78, 5) is 41.5. The summed E-state index contributed by atoms with van der Waals surface area (Å²) < 4.78 is 11.5. The summed E-state index contributed by atoms with van der Waals surface area (Å²) in [6.45, 7) is 0.231. The summed E-state index contributed by atoms with van der Waals surface area (Å²) in [5.41, 5.74) is 0.728. The van der Waals surface area contributed by atoms with Crippen LogP contribution in [-0.4, -0.2) is 45.6 Å². The van der Waals surface area contributed by atoms with Gasteiger partial charge in [0.2, 0.25) is 17.8 Å². The van der Waals surface area contributed by atoms with Gasteiger partial charge in [-0.3, -0.25) is 24.8 Å². The Balaban J connectivity index is 1.22. The van der Waals surface area contributed by atoms with E-state index >= 15 is 0 Å². The summed E-state index contributed by atoms with van der Waals surface area (Å²) in [6, 6.07) is 12.8. The van der Waals surface area contributed by atoms with E-state index in [0.717, 1.165) is 0 Å². The van der Waals surface area contributed by atoms with Gasteiger partial charge in [0, 0.05) is 0 Å². The number of carbonyl (C=O) groups excluding carboxylic acids is 3. The van der Waals surface area contributed by atoms with Gasteiger partial charge in [0.15, 0.2) is 23.4 Å². The first-order valence-corrected chi connectivity index (χ1v) is 9.88. The smallest absolute Gasteiger partial charge is 0.254 e. The average Bonchev–Trinajstić information content (AvgIpc) is 3.22. The van der Waals surface area contributed by atoms with Gasteiger partial charge in [-0.15, -0.1) is 5.10 Å². The number of amides is 3. The second-order valence-corrected chi connectivity index (χ2v) is 7.22. The number of rotatable bonds is 4. The highest BCUT2D eigenvalue weighted by Crippen LogP contribution is 2.35. The number of anilines is 2. The van der Waals surface area contributed by atoms with Gasteiger partial charge in [-0.25, -0.2) is 0 Å². The Morgan fingerprint density at radius 3 is 2.75 bits per heavy atom. The highest BCUT2D eigenvalue weighted by Gasteiger charge is 2.30. The van der Waals surface area contributed by atoms with E-state index in [1.807, 2.05) is 12.1 Å². The lowest BCUT2D eigenvalue weighted by Crippen LogP contribution is -2.43. The Labute approximate surface area is 181 Å². The Hall–Kier alpha value is -4.41. The molecule has 3 amide bonds. The van der Waals surface area contributed by atoms with E-state index in [0.29, 0.717) is 28.6 Å². The number of hydrogen-bond donors (Lipinski definition) is 4. The van der Waals surface area contributed by atoms with Gasteiger partial charge in [0.1, 0.15) is 12.6 Å². The molecule has 2 aromatic carbocycles. The number of aromatic nitrogens is 3. The molecule has 0 aliphatic carbocycles. The van der Waals surface area contributed by atoms with Crippen molar-refractivity contribution in [2.24, 2.45) is 0 Å². The first kappa shape index (κ1) is 19.5. The Morgan fingerprint density at radius 1 is 1.09 bits per heavy atom. The molecule has 0 spiro atoms. The van der Waals surface area contributed by atoms with Crippen molar-refractivity contribution in [3.63, 3.8) is 0 Å². The maximum absolute atomic E-state index is 12.5. The molecule has 3 heterocycles. The van der Waals surface area contributed by atoms with E-state index in [9.17, 15) is 14.4 Å². The van der Waals surface area contributed by atoms with Crippen LogP contribution in [0.2, 0.25) is 0 Å². The second kappa shape index (κ2) is 8.02. The molecule has 4 N–H and O–H groups in total. The summed E-state index contributed by atoms with van der Waals surface area (Å²) in [5.74, 6) is 0.173. The Kier molecular flexibility index (Phi) is 4.90. The van der Waals surface area contributed by atoms with Crippen molar-refractivity contribution >= 4 is 29.4 Å². The van der Waals surface area contributed by atoms with Crippen molar-refractivity contribution in [2.75, 3.05) is 17.2 Å². The van der Waals surface area contributed by atoms with Gasteiger partial charge < -0.3 is 20.1 Å². The van der Waals surface area contributed by atoms with Crippen LogP contribution in [0.3, 0.4) is 0 Å². The van der Waals surface area contributed by atoms with Crippen LogP contribution in [-0.2, 0) is 9.59 Å². The number of ether oxygens (including phenoxy) is 2. The minimum Gasteiger partial charge on any atom is -0.485 e. The molecule has 162 valence electrons. The number of para-hydroxylation sites is 3. The van der Waals surface area contributed by atoms with Crippen molar-refractivity contribution in [3.8, 4) is 11.5 Å². The first-order chi connectivity index (χ1) is 15.6. The number of aromatic amines is 1. The topological polar surface area (TPSA) is 147 Å². The molecule has 2 aliphatic rings. The number of nitrogens with zero attached hydrogens (tertiary/aromatic N) is 2. The lowest BCUT2D eigenvalue weighted by molar-refractivity contribution is -0.122. The predicted octanol–water partition coefficient (Wildman–Crippen LogP) is 1.40. The molecule has 32 heavy (non-hydrogen) atoms. The largest absolute Gasteiger partial charge is 0.485 e. The van der Waals surface area contributed by atoms with Crippen molar-refractivity contribution in [1.29, 1.82) is 0 Å². The maximum Gasteiger partial charge on any atom is 0.254 e. The third-order valence-corrected chi connectivity index (χ3v) is 5.01. The van der Waals surface area contributed by atoms with Gasteiger partial charge in [-0.1, -0.05) is 24.3 Å². The minimum atomic E-state index is -1.04. The van der Waals surface area contributed by atoms with Crippen LogP contribution in [0.25, 0.3) is 0 Å². The number of carbonyl (C=O) groups is 3. The fourth-order valence-electron chi connectivity index (χ4n) is 3.44. The minimum absolute atomic E-state index is 0.0242. The molecule has 2 atom stereocenters. The molecule has 11 nitrogen and oxygen atoms in total. The molecule has 11 heteroatoms. The standard InChI is InChI=1S/C21H18N6O5/c28-17(9-13-20(30)22-12-6-2-1-5-11(12)19(29)23-13)24-21-25-18(26-27-21)16-10-31-14-7-3-4-8-15(14)32-16/h1-8,13,16H,9-10H2,(H,22,30)(H,23,29)(H2,24,25,26,27,28). The Morgan fingerprint density at radius 2 is 1.88 bits per heavy atom. The van der Waals surface area contributed by atoms with E-state index in [2.05, 4.69) is 31.1 Å². The lowest BCUT2D eigenvalue weighted by atomic mass is 10.1. The molecule has 0 saturated heterocycles. The summed E-state index contributed by atoms with van der Waals surface area (Å²) in [5, 5.41) is 14.4. The summed E-state index contributed by atoms with van der Waals surface area (Å²) in [6.07, 6.45) is -0.806. The highest BCUT2D eigenvalue weighted by molar-refractivity contribution is 6.11. The lowest BCUT2D eigenvalue weighted by Gasteiger charge is -2.24. The molecule has 0 radical (unpaired) electrons. The number of benzene rings is 2. The van der Waals surface area contributed by atoms with E-state index in [-0.39, 0.29) is 19.0 Å². The fraction of sp³-hybridized carbons (Fsp3) is 0.190. The molecule has 5 rings (SSSR count). The summed E-state index contributed by atoms with van der Waals surface area (Å²) >= 11 is 0. The number of fused-ring (bicyclic) bond motifs is 2. The van der Waals surface area contributed by atoms with Crippen molar-refractivity contribution in [1.82, 2.24) is 20.5 Å². The van der Waals surface area contributed by atoms with E-state index in [1.165, 1.54) is 0 Å². The first-order valence-electron chi connectivity index (χ1n) is 9.88. The number of hydrogen-bond acceptors (Lipinski definition) is 7. The molecule has 0 saturated carbocycles. The van der Waals surface area contributed by atoms with Crippen LogP contribution in [0, 0.1) is 0 Å². The average molecular weight is 434 g/mol. The number of nitrogens with one attached hydrogen (secondary N) is 4. The highest BCUT2D eigenvalue weighted by atomic mass is 16.6. The van der Waals surface area contributed by atoms with Gasteiger partial charge in [0.05, 0.1) is 17.7 Å². The second-order valence-electron chi connectivity index (χ2n) is 7.22. The zero-order chi connectivity index (χ0) is 22.1. The van der Waals surface area contributed by atoms with Crippen molar-refractivity contribution < 1.29 is 23.9 Å². The van der Waals surface area contributed by atoms with Crippen LogP contribution in [0.5, 0.6) is 11.5 Å². The predicted molar refractivity (Wildman–Crippen MR) is 111 cm³/mol. The van der Waals surface area contributed by atoms with Gasteiger partial charge in [0.25, 0.3) is 5.91 Å². The molecule has 3 aromatic rings. The third-order valence-electron chi connectivity index (χ3n) is 5.01. The molecule has 0 fully saturated rings. The molecule has 0 bridgehead atoms. The van der Waals surface area contributed by atoms with Gasteiger partial charge in [-0.05, 0) is 24.3 Å². The normalized spacial score (nSPS) is 19.2. The fourth-order valence-corrected chi connectivity index (χ4v) is 3.44. The SMILES string of the molecule is O=C(CC1NC(=O)c2ccccc2NC1=O)Nc1n[nH]c(C2COc3ccccc3O2)n1. The van der Waals surface area contributed by atoms with E-state index in [4.69, 9.17) is 9.47 Å². The van der Waals surface area contributed by atoms with Gasteiger partial charge >= 0.3 is 0 Å². The summed E-state index contributed by atoms with van der Waals surface area (Å²) in [7, 11) is 0. The van der Waals surface area contributed by atoms with Crippen LogP contribution in [0.15, 0.2) is 48.5 Å². The quantitative estimate of drug-likeness (QED) is 0.485. The van der Waals surface area contributed by atoms with Crippen molar-refractivity contribution in [2.45, 2.75) is 18.6 Å². The zero-order valence-corrected chi connectivity index (χ0v) is 16.6. The third kappa shape index (κ3) is 3.83. The Bertz CT molecular complexity index is 1210. The van der Waals surface area contributed by atoms with Crippen LogP contribution in [0.1, 0.15) is 28.7 Å². The zero-order valence-electron chi connectivity index (χ0n) is 16.6. The van der Waals surface area contributed by atoms with Crippen LogP contribution in [0.4, 0.5) is 11.6 Å². The molecule has 2 aliphatic heterocycles. The van der Waals surface area contributed by atoms with Crippen LogP contribution >= 0.6 is 0 Å².